The first-order chi connectivity index (χ1) is 16.2. The molecule has 6 heteroatoms. The highest BCUT2D eigenvalue weighted by atomic mass is 16.5. The standard InChI is InChI=1S/C27H32N4O2/c1-19(32)17-20-4-8-22(9-5-20)29-27-24-3-2-12-28-26(24)18-25(30-27)21-6-10-23(11-7-21)31-13-15-33-16-14-31/h2-3,6-7,10-12,18,20,22H,4-5,8-9,13-17H2,1H3,(H,29,30). The molecule has 0 spiro atoms. The number of carbonyl (C=O) groups is 1. The Morgan fingerprint density at radius 3 is 2.58 bits per heavy atom. The molecule has 1 aliphatic carbocycles. The molecule has 2 fully saturated rings. The predicted molar refractivity (Wildman–Crippen MR) is 133 cm³/mol. The fraction of sp³-hybridized carbons (Fsp3) is 0.444. The molecule has 6 nitrogen and oxygen atoms in total. The van der Waals surface area contributed by atoms with E-state index in [1.165, 1.54) is 5.69 Å². The zero-order valence-corrected chi connectivity index (χ0v) is 19.3. The van der Waals surface area contributed by atoms with Crippen LogP contribution >= 0.6 is 0 Å². The third-order valence-electron chi connectivity index (χ3n) is 6.90. The maximum Gasteiger partial charge on any atom is 0.136 e. The second-order valence-electron chi connectivity index (χ2n) is 9.34. The Kier molecular flexibility index (Phi) is 6.53. The number of Topliss-reactive ketones (excluding diaryl/α,β-unsaturated/α-hetero) is 1. The highest BCUT2D eigenvalue weighted by Crippen LogP contribution is 2.32. The van der Waals surface area contributed by atoms with Crippen LogP contribution in [0.1, 0.15) is 39.0 Å². The second kappa shape index (κ2) is 9.87. The number of nitrogens with zero attached hydrogens (tertiary/aromatic N) is 3. The van der Waals surface area contributed by atoms with Gasteiger partial charge in [-0.3, -0.25) is 4.98 Å². The van der Waals surface area contributed by atoms with E-state index in [-0.39, 0.29) is 0 Å². The molecule has 1 N–H and O–H groups in total. The van der Waals surface area contributed by atoms with Crippen molar-refractivity contribution >= 4 is 28.2 Å². The molecular weight excluding hydrogens is 412 g/mol. The number of ketones is 1. The Bertz CT molecular complexity index is 1100. The van der Waals surface area contributed by atoms with Crippen LogP contribution in [0, 0.1) is 5.92 Å². The van der Waals surface area contributed by atoms with Crippen molar-refractivity contribution in [3.63, 3.8) is 0 Å². The normalized spacial score (nSPS) is 21.2. The van der Waals surface area contributed by atoms with Crippen LogP contribution in [0.25, 0.3) is 22.2 Å². The molecule has 33 heavy (non-hydrogen) atoms. The second-order valence-corrected chi connectivity index (χ2v) is 9.34. The summed E-state index contributed by atoms with van der Waals surface area (Å²) in [6.45, 7) is 5.13. The van der Waals surface area contributed by atoms with Gasteiger partial charge in [-0.05, 0) is 68.9 Å². The average Bonchev–Trinajstić information content (AvgIpc) is 2.85. The van der Waals surface area contributed by atoms with Gasteiger partial charge in [-0.15, -0.1) is 0 Å². The molecule has 2 aliphatic rings. The smallest absolute Gasteiger partial charge is 0.136 e. The first-order valence-corrected chi connectivity index (χ1v) is 12.1. The van der Waals surface area contributed by atoms with Crippen LogP contribution in [0.3, 0.4) is 0 Å². The molecule has 0 atom stereocenters. The van der Waals surface area contributed by atoms with Crippen molar-refractivity contribution in [2.24, 2.45) is 5.92 Å². The Balaban J connectivity index is 1.37. The number of hydrogen-bond acceptors (Lipinski definition) is 6. The van der Waals surface area contributed by atoms with E-state index in [4.69, 9.17) is 9.72 Å². The third-order valence-corrected chi connectivity index (χ3v) is 6.90. The molecule has 1 saturated carbocycles. The minimum absolute atomic E-state index is 0.303. The van der Waals surface area contributed by atoms with Gasteiger partial charge >= 0.3 is 0 Å². The zero-order valence-electron chi connectivity index (χ0n) is 19.3. The van der Waals surface area contributed by atoms with Crippen molar-refractivity contribution in [3.8, 4) is 11.3 Å². The van der Waals surface area contributed by atoms with Gasteiger partial charge in [-0.25, -0.2) is 4.98 Å². The number of benzene rings is 1. The third kappa shape index (κ3) is 5.17. The van der Waals surface area contributed by atoms with Gasteiger partial charge in [-0.1, -0.05) is 12.1 Å². The molecule has 3 heterocycles. The largest absolute Gasteiger partial charge is 0.378 e. The molecule has 3 aromatic rings. The molecule has 0 unspecified atom stereocenters. The fourth-order valence-corrected chi connectivity index (χ4v) is 5.11. The number of aromatic nitrogens is 2. The maximum atomic E-state index is 11.5. The van der Waals surface area contributed by atoms with E-state index in [0.29, 0.717) is 24.2 Å². The topological polar surface area (TPSA) is 67.4 Å². The van der Waals surface area contributed by atoms with E-state index in [1.54, 1.807) is 6.92 Å². The van der Waals surface area contributed by atoms with Gasteiger partial charge in [-0.2, -0.15) is 0 Å². The molecule has 1 saturated heterocycles. The van der Waals surface area contributed by atoms with E-state index in [9.17, 15) is 4.79 Å². The lowest BCUT2D eigenvalue weighted by Crippen LogP contribution is -2.36. The summed E-state index contributed by atoms with van der Waals surface area (Å²) in [6.07, 6.45) is 6.88. The number of carbonyl (C=O) groups excluding carboxylic acids is 1. The van der Waals surface area contributed by atoms with Crippen molar-refractivity contribution in [1.82, 2.24) is 9.97 Å². The predicted octanol–water partition coefficient (Wildman–Crippen LogP) is 5.08. The minimum atomic E-state index is 0.303. The van der Waals surface area contributed by atoms with Gasteiger partial charge in [0.25, 0.3) is 0 Å². The molecule has 0 radical (unpaired) electrons. The Morgan fingerprint density at radius 1 is 1.09 bits per heavy atom. The summed E-state index contributed by atoms with van der Waals surface area (Å²) in [4.78, 5) is 23.5. The lowest BCUT2D eigenvalue weighted by Gasteiger charge is -2.29. The van der Waals surface area contributed by atoms with Crippen LogP contribution in [0.2, 0.25) is 0 Å². The SMILES string of the molecule is CC(=O)CC1CCC(Nc2nc(-c3ccc(N4CCOCC4)cc3)cc3ncccc23)CC1. The van der Waals surface area contributed by atoms with Crippen LogP contribution in [0.4, 0.5) is 11.5 Å². The van der Waals surface area contributed by atoms with Crippen molar-refractivity contribution < 1.29 is 9.53 Å². The number of morpholine rings is 1. The lowest BCUT2D eigenvalue weighted by molar-refractivity contribution is -0.118. The summed E-state index contributed by atoms with van der Waals surface area (Å²) in [5, 5.41) is 4.77. The molecule has 172 valence electrons. The summed E-state index contributed by atoms with van der Waals surface area (Å²) >= 11 is 0. The quantitative estimate of drug-likeness (QED) is 0.572. The van der Waals surface area contributed by atoms with E-state index in [0.717, 1.165) is 80.0 Å². The Morgan fingerprint density at radius 2 is 1.85 bits per heavy atom. The molecule has 0 amide bonds. The molecule has 1 aromatic carbocycles. The Labute approximate surface area is 195 Å². The van der Waals surface area contributed by atoms with Crippen molar-refractivity contribution in [3.05, 3.63) is 48.7 Å². The number of pyridine rings is 2. The highest BCUT2D eigenvalue weighted by Gasteiger charge is 2.23. The van der Waals surface area contributed by atoms with Crippen molar-refractivity contribution in [2.45, 2.75) is 45.1 Å². The van der Waals surface area contributed by atoms with E-state index in [1.807, 2.05) is 12.3 Å². The number of rotatable bonds is 6. The lowest BCUT2D eigenvalue weighted by atomic mass is 9.83. The van der Waals surface area contributed by atoms with Crippen molar-refractivity contribution in [2.75, 3.05) is 36.5 Å². The molecule has 2 aromatic heterocycles. The van der Waals surface area contributed by atoms with E-state index >= 15 is 0 Å². The van der Waals surface area contributed by atoms with Gasteiger partial charge in [0.05, 0.1) is 24.4 Å². The first kappa shape index (κ1) is 21.8. The number of nitrogens with one attached hydrogen (secondary N) is 1. The summed E-state index contributed by atoms with van der Waals surface area (Å²) in [6, 6.07) is 15.2. The minimum Gasteiger partial charge on any atom is -0.378 e. The van der Waals surface area contributed by atoms with E-state index < -0.39 is 0 Å². The van der Waals surface area contributed by atoms with Gasteiger partial charge in [0.15, 0.2) is 0 Å². The average molecular weight is 445 g/mol. The van der Waals surface area contributed by atoms with Crippen LogP contribution in [0.5, 0.6) is 0 Å². The van der Waals surface area contributed by atoms with Gasteiger partial charge in [0.1, 0.15) is 11.6 Å². The van der Waals surface area contributed by atoms with Gasteiger partial charge < -0.3 is 19.7 Å². The van der Waals surface area contributed by atoms with Gasteiger partial charge in [0.2, 0.25) is 0 Å². The highest BCUT2D eigenvalue weighted by molar-refractivity contribution is 5.92. The molecule has 0 bridgehead atoms. The zero-order chi connectivity index (χ0) is 22.6. The van der Waals surface area contributed by atoms with Crippen LogP contribution in [-0.4, -0.2) is 48.1 Å². The van der Waals surface area contributed by atoms with Crippen LogP contribution < -0.4 is 10.2 Å². The first-order valence-electron chi connectivity index (χ1n) is 12.1. The summed E-state index contributed by atoms with van der Waals surface area (Å²) in [5.41, 5.74) is 4.20. The Hall–Kier alpha value is -2.99. The van der Waals surface area contributed by atoms with Crippen LogP contribution in [-0.2, 0) is 9.53 Å². The van der Waals surface area contributed by atoms with Crippen LogP contribution in [0.15, 0.2) is 48.7 Å². The number of hydrogen-bond donors (Lipinski definition) is 1. The van der Waals surface area contributed by atoms with Crippen molar-refractivity contribution in [1.29, 1.82) is 0 Å². The number of anilines is 2. The monoisotopic (exact) mass is 444 g/mol. The maximum absolute atomic E-state index is 11.5. The molecule has 5 rings (SSSR count). The summed E-state index contributed by atoms with van der Waals surface area (Å²) < 4.78 is 5.47. The number of ether oxygens (including phenoxy) is 1. The molecule has 1 aliphatic heterocycles. The summed E-state index contributed by atoms with van der Waals surface area (Å²) in [7, 11) is 0. The van der Waals surface area contributed by atoms with E-state index in [2.05, 4.69) is 51.6 Å². The fourth-order valence-electron chi connectivity index (χ4n) is 5.11. The van der Waals surface area contributed by atoms with Gasteiger partial charge in [0, 0.05) is 48.4 Å². The summed E-state index contributed by atoms with van der Waals surface area (Å²) in [5.74, 6) is 1.74. The molecular formula is C27H32N4O2. The number of fused-ring (bicyclic) bond motifs is 1.